The van der Waals surface area contributed by atoms with E-state index in [1.54, 1.807) is 4.90 Å². The van der Waals surface area contributed by atoms with Crippen molar-refractivity contribution >= 4 is 17.6 Å². The van der Waals surface area contributed by atoms with E-state index < -0.39 is 11.9 Å². The molecule has 110 valence electrons. The van der Waals surface area contributed by atoms with Crippen LogP contribution in [-0.2, 0) is 19.1 Å². The summed E-state index contributed by atoms with van der Waals surface area (Å²) < 4.78 is 14.7. The summed E-state index contributed by atoms with van der Waals surface area (Å²) in [6.45, 7) is 0. The van der Waals surface area contributed by atoms with E-state index in [0.29, 0.717) is 11.6 Å². The molecule has 2 rings (SSSR count). The first-order chi connectivity index (χ1) is 10.1. The molecule has 1 aliphatic rings. The Kier molecular flexibility index (Phi) is 4.27. The fraction of sp³-hybridized carbons (Fsp3) is 0.200. The number of methoxy groups -OCH3 is 2. The number of esters is 2. The molecular formula is C15H15NO5. The molecule has 0 unspecified atom stereocenters. The van der Waals surface area contributed by atoms with Crippen LogP contribution in [0, 0.1) is 0 Å². The summed E-state index contributed by atoms with van der Waals surface area (Å²) in [4.78, 5) is 24.9. The van der Waals surface area contributed by atoms with E-state index in [1.165, 1.54) is 26.4 Å². The van der Waals surface area contributed by atoms with Crippen molar-refractivity contribution in [1.82, 2.24) is 0 Å². The van der Waals surface area contributed by atoms with E-state index in [-0.39, 0.29) is 5.57 Å². The molecule has 0 aliphatic carbocycles. The van der Waals surface area contributed by atoms with Crippen LogP contribution in [0.2, 0.25) is 0 Å². The number of rotatable bonds is 3. The average Bonchev–Trinajstić information content (AvgIpc) is 2.83. The first-order valence-electron chi connectivity index (χ1n) is 6.17. The van der Waals surface area contributed by atoms with Crippen LogP contribution in [0.5, 0.6) is 5.75 Å². The van der Waals surface area contributed by atoms with Gasteiger partial charge in [0.15, 0.2) is 11.6 Å². The number of nitrogens with zero attached hydrogens (tertiary/aromatic N) is 1. The summed E-state index contributed by atoms with van der Waals surface area (Å²) in [6, 6.07) is 7.49. The minimum atomic E-state index is -0.767. The molecule has 1 aromatic carbocycles. The third-order valence-electron chi connectivity index (χ3n) is 2.97. The van der Waals surface area contributed by atoms with Crippen molar-refractivity contribution in [3.05, 3.63) is 47.9 Å². The largest absolute Gasteiger partial charge is 0.465 e. The van der Waals surface area contributed by atoms with Gasteiger partial charge in [0.2, 0.25) is 0 Å². The number of para-hydroxylation sites is 2. The smallest absolute Gasteiger partial charge is 0.345 e. The maximum absolute atomic E-state index is 11.5. The highest BCUT2D eigenvalue weighted by atomic mass is 16.5. The molecule has 0 aromatic heterocycles. The lowest BCUT2D eigenvalue weighted by molar-refractivity contribution is -0.144. The van der Waals surface area contributed by atoms with Crippen molar-refractivity contribution in [3.8, 4) is 5.75 Å². The van der Waals surface area contributed by atoms with E-state index in [0.717, 1.165) is 5.69 Å². The van der Waals surface area contributed by atoms with Crippen molar-refractivity contribution in [1.29, 1.82) is 0 Å². The van der Waals surface area contributed by atoms with Crippen LogP contribution in [0.15, 0.2) is 47.9 Å². The highest BCUT2D eigenvalue weighted by Gasteiger charge is 2.23. The third kappa shape index (κ3) is 2.89. The summed E-state index contributed by atoms with van der Waals surface area (Å²) in [5.74, 6) is -0.340. The Morgan fingerprint density at radius 3 is 2.33 bits per heavy atom. The second kappa shape index (κ2) is 6.13. The van der Waals surface area contributed by atoms with E-state index in [1.807, 2.05) is 31.3 Å². The Labute approximate surface area is 122 Å². The number of carbonyl (C=O) groups excluding carboxylic acids is 2. The quantitative estimate of drug-likeness (QED) is 0.365. The van der Waals surface area contributed by atoms with Gasteiger partial charge in [-0.05, 0) is 18.2 Å². The lowest BCUT2D eigenvalue weighted by atomic mass is 10.2. The molecule has 6 nitrogen and oxygen atoms in total. The van der Waals surface area contributed by atoms with Crippen LogP contribution in [0.25, 0.3) is 0 Å². The SMILES string of the molecule is COC(=O)C(=C/C=C1\Oc2ccccc2N1C)C(=O)OC. The number of benzene rings is 1. The van der Waals surface area contributed by atoms with Gasteiger partial charge in [-0.3, -0.25) is 0 Å². The maximum Gasteiger partial charge on any atom is 0.345 e. The summed E-state index contributed by atoms with van der Waals surface area (Å²) in [5.41, 5.74) is 0.690. The number of hydrogen-bond donors (Lipinski definition) is 0. The van der Waals surface area contributed by atoms with E-state index in [2.05, 4.69) is 9.47 Å². The molecule has 0 radical (unpaired) electrons. The van der Waals surface area contributed by atoms with Gasteiger partial charge >= 0.3 is 11.9 Å². The predicted molar refractivity (Wildman–Crippen MR) is 75.7 cm³/mol. The van der Waals surface area contributed by atoms with Crippen molar-refractivity contribution < 1.29 is 23.8 Å². The van der Waals surface area contributed by atoms with Crippen molar-refractivity contribution in [2.24, 2.45) is 0 Å². The van der Waals surface area contributed by atoms with Gasteiger partial charge < -0.3 is 19.1 Å². The van der Waals surface area contributed by atoms with Gasteiger partial charge in [0, 0.05) is 13.1 Å². The molecule has 0 bridgehead atoms. The van der Waals surface area contributed by atoms with Crippen LogP contribution in [0.4, 0.5) is 5.69 Å². The van der Waals surface area contributed by atoms with E-state index in [9.17, 15) is 9.59 Å². The zero-order chi connectivity index (χ0) is 15.4. The van der Waals surface area contributed by atoms with Gasteiger partial charge in [-0.2, -0.15) is 0 Å². The fourth-order valence-electron chi connectivity index (χ4n) is 1.86. The third-order valence-corrected chi connectivity index (χ3v) is 2.97. The van der Waals surface area contributed by atoms with Crippen molar-refractivity contribution in [2.75, 3.05) is 26.2 Å². The van der Waals surface area contributed by atoms with Crippen LogP contribution in [0.3, 0.4) is 0 Å². The summed E-state index contributed by atoms with van der Waals surface area (Å²) in [6.07, 6.45) is 2.83. The zero-order valence-corrected chi connectivity index (χ0v) is 12.0. The predicted octanol–water partition coefficient (Wildman–Crippen LogP) is 1.63. The summed E-state index contributed by atoms with van der Waals surface area (Å²) in [5, 5.41) is 0. The first-order valence-corrected chi connectivity index (χ1v) is 6.17. The van der Waals surface area contributed by atoms with Crippen LogP contribution in [-0.4, -0.2) is 33.2 Å². The average molecular weight is 289 g/mol. The number of allylic oxidation sites excluding steroid dienone is 2. The summed E-state index contributed by atoms with van der Waals surface area (Å²) in [7, 11) is 4.21. The van der Waals surface area contributed by atoms with E-state index >= 15 is 0 Å². The Morgan fingerprint density at radius 1 is 1.14 bits per heavy atom. The highest BCUT2D eigenvalue weighted by molar-refractivity contribution is 6.14. The zero-order valence-electron chi connectivity index (χ0n) is 12.0. The highest BCUT2D eigenvalue weighted by Crippen LogP contribution is 2.37. The molecule has 1 aliphatic heterocycles. The number of hydrogen-bond acceptors (Lipinski definition) is 6. The maximum atomic E-state index is 11.5. The van der Waals surface area contributed by atoms with Gasteiger partial charge in [0.25, 0.3) is 0 Å². The van der Waals surface area contributed by atoms with Gasteiger partial charge in [0.1, 0.15) is 5.57 Å². The van der Waals surface area contributed by atoms with E-state index in [4.69, 9.17) is 4.74 Å². The normalized spacial score (nSPS) is 14.2. The van der Waals surface area contributed by atoms with Gasteiger partial charge in [-0.1, -0.05) is 12.1 Å². The molecule has 0 fully saturated rings. The molecule has 0 spiro atoms. The molecule has 6 heteroatoms. The minimum Gasteiger partial charge on any atom is -0.465 e. The Balaban J connectivity index is 2.30. The van der Waals surface area contributed by atoms with Crippen molar-refractivity contribution in [2.45, 2.75) is 0 Å². The molecular weight excluding hydrogens is 274 g/mol. The molecule has 0 N–H and O–H groups in total. The molecule has 0 saturated heterocycles. The summed E-state index contributed by atoms with van der Waals surface area (Å²) >= 11 is 0. The first kappa shape index (κ1) is 14.6. The van der Waals surface area contributed by atoms with Gasteiger partial charge in [-0.15, -0.1) is 0 Å². The lowest BCUT2D eigenvalue weighted by Crippen LogP contribution is -2.16. The number of carbonyl (C=O) groups is 2. The van der Waals surface area contributed by atoms with Crippen LogP contribution >= 0.6 is 0 Å². The molecule has 0 atom stereocenters. The molecule has 1 heterocycles. The second-order valence-corrected chi connectivity index (χ2v) is 4.20. The Bertz CT molecular complexity index is 615. The Morgan fingerprint density at radius 2 is 1.76 bits per heavy atom. The minimum absolute atomic E-state index is 0.208. The molecule has 21 heavy (non-hydrogen) atoms. The molecule has 1 aromatic rings. The number of fused-ring (bicyclic) bond motifs is 1. The molecule has 0 amide bonds. The monoisotopic (exact) mass is 289 g/mol. The van der Waals surface area contributed by atoms with Crippen LogP contribution < -0.4 is 9.64 Å². The second-order valence-electron chi connectivity index (χ2n) is 4.20. The standard InChI is InChI=1S/C15H15NO5/c1-16-11-6-4-5-7-12(11)21-13(16)9-8-10(14(17)19-2)15(18)20-3/h4-9H,1-3H3/b13-9-. The number of anilines is 1. The van der Waals surface area contributed by atoms with Crippen LogP contribution in [0.1, 0.15) is 0 Å². The van der Waals surface area contributed by atoms with Gasteiger partial charge in [-0.25, -0.2) is 9.59 Å². The van der Waals surface area contributed by atoms with Gasteiger partial charge in [0.05, 0.1) is 19.9 Å². The fourth-order valence-corrected chi connectivity index (χ4v) is 1.86. The molecule has 0 saturated carbocycles. The van der Waals surface area contributed by atoms with Crippen molar-refractivity contribution in [3.63, 3.8) is 0 Å². The lowest BCUT2D eigenvalue weighted by Gasteiger charge is -2.10. The number of ether oxygens (including phenoxy) is 3. The Hall–Kier alpha value is -2.76. The topological polar surface area (TPSA) is 65.1 Å².